The molecule has 3 rings (SSSR count). The summed E-state index contributed by atoms with van der Waals surface area (Å²) in [6.07, 6.45) is 0. The molecule has 0 spiro atoms. The molecule has 2 atom stereocenters. The first-order valence-electron chi connectivity index (χ1n) is 8.37. The highest BCUT2D eigenvalue weighted by Gasteiger charge is 2.38. The lowest BCUT2D eigenvalue weighted by Gasteiger charge is -2.21. The summed E-state index contributed by atoms with van der Waals surface area (Å²) in [5, 5.41) is 16.6. The normalized spacial score (nSPS) is 20.9. The molecule has 1 saturated heterocycles. The maximum Gasteiger partial charge on any atom is 0.269 e. The fraction of sp³-hybridized carbons (Fsp3) is 0.278. The lowest BCUT2D eigenvalue weighted by atomic mass is 10.1. The van der Waals surface area contributed by atoms with Crippen LogP contribution in [0, 0.1) is 10.1 Å². The molecular formula is C18H19N3O5S. The van der Waals surface area contributed by atoms with Crippen LogP contribution < -0.4 is 10.6 Å². The summed E-state index contributed by atoms with van der Waals surface area (Å²) in [7, 11) is -3.26. The summed E-state index contributed by atoms with van der Waals surface area (Å²) < 4.78 is 24.1. The van der Waals surface area contributed by atoms with Crippen molar-refractivity contribution in [1.82, 2.24) is 10.6 Å². The molecule has 27 heavy (non-hydrogen) atoms. The summed E-state index contributed by atoms with van der Waals surface area (Å²) in [6, 6.07) is 13.8. The van der Waals surface area contributed by atoms with Gasteiger partial charge in [-0.25, -0.2) is 8.42 Å². The van der Waals surface area contributed by atoms with E-state index in [0.717, 1.165) is 5.56 Å². The Bertz CT molecular complexity index is 929. The molecule has 0 aromatic heterocycles. The van der Waals surface area contributed by atoms with E-state index in [-0.39, 0.29) is 22.8 Å². The number of carbonyl (C=O) groups excluding carboxylic acids is 1. The van der Waals surface area contributed by atoms with Gasteiger partial charge in [0.2, 0.25) is 0 Å². The number of benzene rings is 2. The Labute approximate surface area is 156 Å². The van der Waals surface area contributed by atoms with Gasteiger partial charge in [-0.3, -0.25) is 14.9 Å². The van der Waals surface area contributed by atoms with Crippen molar-refractivity contribution in [3.05, 3.63) is 75.8 Å². The summed E-state index contributed by atoms with van der Waals surface area (Å²) in [6.45, 7) is 0.491. The average Bonchev–Trinajstić information content (AvgIpc) is 2.94. The molecule has 1 aliphatic heterocycles. The maximum atomic E-state index is 12.4. The minimum absolute atomic E-state index is 0.0506. The predicted octanol–water partition coefficient (Wildman–Crippen LogP) is 1.28. The summed E-state index contributed by atoms with van der Waals surface area (Å²) in [5.41, 5.74) is 1.14. The van der Waals surface area contributed by atoms with Crippen molar-refractivity contribution >= 4 is 21.4 Å². The zero-order chi connectivity index (χ0) is 19.4. The molecule has 1 fully saturated rings. The molecule has 1 amide bonds. The number of nitro benzene ring substituents is 1. The third kappa shape index (κ3) is 4.89. The van der Waals surface area contributed by atoms with E-state index in [9.17, 15) is 23.3 Å². The molecule has 1 aliphatic rings. The fourth-order valence-electron chi connectivity index (χ4n) is 3.02. The van der Waals surface area contributed by atoms with Crippen LogP contribution in [0.15, 0.2) is 54.6 Å². The van der Waals surface area contributed by atoms with E-state index in [1.807, 2.05) is 30.3 Å². The summed E-state index contributed by atoms with van der Waals surface area (Å²) in [4.78, 5) is 22.6. The SMILES string of the molecule is O=C(N[C@H]1CS(=O)(=O)C[C@@H]1NCc1ccccc1)c1ccc([N+](=O)[O-])cc1. The molecule has 0 aliphatic carbocycles. The molecular weight excluding hydrogens is 370 g/mol. The number of nitrogens with zero attached hydrogens (tertiary/aromatic N) is 1. The quantitative estimate of drug-likeness (QED) is 0.567. The fourth-order valence-corrected chi connectivity index (χ4v) is 4.92. The van der Waals surface area contributed by atoms with E-state index in [1.165, 1.54) is 24.3 Å². The number of nitro groups is 1. The Morgan fingerprint density at radius 3 is 2.30 bits per heavy atom. The Hall–Kier alpha value is -2.78. The van der Waals surface area contributed by atoms with Crippen LogP contribution in [0.3, 0.4) is 0 Å². The molecule has 8 nitrogen and oxygen atoms in total. The highest BCUT2D eigenvalue weighted by Crippen LogP contribution is 2.16. The monoisotopic (exact) mass is 389 g/mol. The van der Waals surface area contributed by atoms with Crippen LogP contribution in [0.25, 0.3) is 0 Å². The van der Waals surface area contributed by atoms with Crippen molar-refractivity contribution in [1.29, 1.82) is 0 Å². The Morgan fingerprint density at radius 1 is 1.04 bits per heavy atom. The van der Waals surface area contributed by atoms with Crippen LogP contribution in [-0.4, -0.2) is 42.8 Å². The van der Waals surface area contributed by atoms with Gasteiger partial charge in [0.1, 0.15) is 0 Å². The smallest absolute Gasteiger partial charge is 0.269 e. The van der Waals surface area contributed by atoms with Gasteiger partial charge in [-0.15, -0.1) is 0 Å². The van der Waals surface area contributed by atoms with Gasteiger partial charge in [-0.1, -0.05) is 30.3 Å². The maximum absolute atomic E-state index is 12.4. The van der Waals surface area contributed by atoms with Crippen molar-refractivity contribution < 1.29 is 18.1 Å². The van der Waals surface area contributed by atoms with Gasteiger partial charge in [0.05, 0.1) is 22.5 Å². The van der Waals surface area contributed by atoms with Gasteiger partial charge >= 0.3 is 0 Å². The number of amides is 1. The third-order valence-electron chi connectivity index (χ3n) is 4.42. The van der Waals surface area contributed by atoms with Gasteiger partial charge < -0.3 is 10.6 Å². The number of carbonyl (C=O) groups is 1. The van der Waals surface area contributed by atoms with Crippen molar-refractivity contribution in [3.8, 4) is 0 Å². The zero-order valence-electron chi connectivity index (χ0n) is 14.4. The third-order valence-corrected chi connectivity index (χ3v) is 6.15. The molecule has 142 valence electrons. The first-order valence-corrected chi connectivity index (χ1v) is 10.2. The molecule has 0 bridgehead atoms. The van der Waals surface area contributed by atoms with Gasteiger partial charge in [-0.2, -0.15) is 0 Å². The second kappa shape index (κ2) is 7.85. The molecule has 0 saturated carbocycles. The second-order valence-electron chi connectivity index (χ2n) is 6.43. The molecule has 9 heteroatoms. The molecule has 2 aromatic carbocycles. The zero-order valence-corrected chi connectivity index (χ0v) is 15.2. The number of rotatable bonds is 6. The van der Waals surface area contributed by atoms with Crippen molar-refractivity contribution in [2.45, 2.75) is 18.6 Å². The molecule has 2 aromatic rings. The van der Waals surface area contributed by atoms with Crippen LogP contribution in [0.5, 0.6) is 0 Å². The van der Waals surface area contributed by atoms with Crippen LogP contribution in [0.4, 0.5) is 5.69 Å². The van der Waals surface area contributed by atoms with Crippen molar-refractivity contribution in [3.63, 3.8) is 0 Å². The Kier molecular flexibility index (Phi) is 5.52. The van der Waals surface area contributed by atoms with Crippen LogP contribution in [0.1, 0.15) is 15.9 Å². The predicted molar refractivity (Wildman–Crippen MR) is 100 cm³/mol. The highest BCUT2D eigenvalue weighted by molar-refractivity contribution is 7.91. The highest BCUT2D eigenvalue weighted by atomic mass is 32.2. The van der Waals surface area contributed by atoms with Crippen molar-refractivity contribution in [2.75, 3.05) is 11.5 Å². The molecule has 0 radical (unpaired) electrons. The first kappa shape index (κ1) is 19.0. The average molecular weight is 389 g/mol. The second-order valence-corrected chi connectivity index (χ2v) is 8.59. The van der Waals surface area contributed by atoms with Gasteiger partial charge in [0, 0.05) is 30.3 Å². The summed E-state index contributed by atoms with van der Waals surface area (Å²) in [5.74, 6) is -0.651. The minimum atomic E-state index is -3.26. The van der Waals surface area contributed by atoms with Gasteiger partial charge in [0.15, 0.2) is 9.84 Å². The molecule has 0 unspecified atom stereocenters. The lowest BCUT2D eigenvalue weighted by molar-refractivity contribution is -0.384. The van der Waals surface area contributed by atoms with E-state index in [4.69, 9.17) is 0 Å². The van der Waals surface area contributed by atoms with Gasteiger partial charge in [0.25, 0.3) is 11.6 Å². The lowest BCUT2D eigenvalue weighted by Crippen LogP contribution is -2.49. The molecule has 2 N–H and O–H groups in total. The van der Waals surface area contributed by atoms with E-state index >= 15 is 0 Å². The molecule has 1 heterocycles. The van der Waals surface area contributed by atoms with Crippen LogP contribution in [-0.2, 0) is 16.4 Å². The van der Waals surface area contributed by atoms with Gasteiger partial charge in [-0.05, 0) is 17.7 Å². The number of nitrogens with one attached hydrogen (secondary N) is 2. The minimum Gasteiger partial charge on any atom is -0.347 e. The topological polar surface area (TPSA) is 118 Å². The van der Waals surface area contributed by atoms with E-state index in [0.29, 0.717) is 6.54 Å². The number of hydrogen-bond donors (Lipinski definition) is 2. The standard InChI is InChI=1S/C18H19N3O5S/c22-18(14-6-8-15(9-7-14)21(23)24)20-17-12-27(25,26)11-16(17)19-10-13-4-2-1-3-5-13/h1-9,16-17,19H,10-12H2,(H,20,22)/t16-,17-/m0/s1. The number of non-ortho nitro benzene ring substituents is 1. The van der Waals surface area contributed by atoms with Crippen molar-refractivity contribution in [2.24, 2.45) is 0 Å². The van der Waals surface area contributed by atoms with E-state index in [2.05, 4.69) is 10.6 Å². The number of hydrogen-bond acceptors (Lipinski definition) is 6. The van der Waals surface area contributed by atoms with Crippen LogP contribution >= 0.6 is 0 Å². The number of sulfone groups is 1. The Balaban J connectivity index is 1.67. The summed E-state index contributed by atoms with van der Waals surface area (Å²) >= 11 is 0. The largest absolute Gasteiger partial charge is 0.347 e. The van der Waals surface area contributed by atoms with E-state index in [1.54, 1.807) is 0 Å². The van der Waals surface area contributed by atoms with E-state index < -0.39 is 32.8 Å². The Morgan fingerprint density at radius 2 is 1.67 bits per heavy atom. The van der Waals surface area contributed by atoms with Crippen LogP contribution in [0.2, 0.25) is 0 Å². The first-order chi connectivity index (χ1) is 12.8.